The van der Waals surface area contributed by atoms with E-state index in [0.29, 0.717) is 0 Å². The van der Waals surface area contributed by atoms with Crippen molar-refractivity contribution in [2.75, 3.05) is 0 Å². The maximum atomic E-state index is 2.46. The van der Waals surface area contributed by atoms with E-state index in [1.54, 1.807) is 32.1 Å². The maximum Gasteiger partial charge on any atom is 0.105 e. The van der Waals surface area contributed by atoms with Crippen LogP contribution in [-0.4, -0.2) is 7.85 Å². The Morgan fingerprint density at radius 2 is 1.42 bits per heavy atom. The van der Waals surface area contributed by atoms with Gasteiger partial charge in [-0.25, -0.2) is 0 Å². The first-order valence-corrected chi connectivity index (χ1v) is 5.86. The summed E-state index contributed by atoms with van der Waals surface area (Å²) < 4.78 is 0. The van der Waals surface area contributed by atoms with E-state index in [0.717, 1.165) is 5.82 Å². The quantitative estimate of drug-likeness (QED) is 0.479. The van der Waals surface area contributed by atoms with E-state index in [9.17, 15) is 0 Å². The number of rotatable bonds is 0. The molecule has 66 valence electrons. The second-order valence-corrected chi connectivity index (χ2v) is 5.50. The van der Waals surface area contributed by atoms with Gasteiger partial charge in [0.2, 0.25) is 0 Å². The van der Waals surface area contributed by atoms with Crippen molar-refractivity contribution in [1.82, 2.24) is 0 Å². The van der Waals surface area contributed by atoms with Gasteiger partial charge >= 0.3 is 0 Å². The third-order valence-electron chi connectivity index (χ3n) is 4.94. The molecule has 3 saturated carbocycles. The van der Waals surface area contributed by atoms with E-state index in [1.807, 2.05) is 0 Å². The summed E-state index contributed by atoms with van der Waals surface area (Å²) in [6.45, 7) is 0. The lowest BCUT2D eigenvalue weighted by atomic mass is 9.49. The first-order valence-electron chi connectivity index (χ1n) is 5.86. The molecule has 0 amide bonds. The third-order valence-corrected chi connectivity index (χ3v) is 4.94. The van der Waals surface area contributed by atoms with E-state index in [1.165, 1.54) is 30.1 Å². The predicted molar refractivity (Wildman–Crippen MR) is 54.0 cm³/mol. The first kappa shape index (κ1) is 7.47. The molecule has 3 aliphatic rings. The lowest BCUT2D eigenvalue weighted by Gasteiger charge is -2.53. The van der Waals surface area contributed by atoms with Crippen molar-refractivity contribution in [3.8, 4) is 0 Å². The van der Waals surface area contributed by atoms with Gasteiger partial charge in [0.05, 0.1) is 0 Å². The van der Waals surface area contributed by atoms with Crippen LogP contribution in [0.3, 0.4) is 0 Å². The molecule has 5 atom stereocenters. The summed E-state index contributed by atoms with van der Waals surface area (Å²) >= 11 is 0. The van der Waals surface area contributed by atoms with Gasteiger partial charge in [-0.05, 0) is 36.5 Å². The molecule has 0 N–H and O–H groups in total. The minimum absolute atomic E-state index is 1.05. The van der Waals surface area contributed by atoms with Crippen molar-refractivity contribution < 1.29 is 0 Å². The lowest BCUT2D eigenvalue weighted by Crippen LogP contribution is -2.46. The highest BCUT2D eigenvalue weighted by Crippen LogP contribution is 2.61. The molecular formula is C11H19B. The molecule has 3 rings (SSSR count). The van der Waals surface area contributed by atoms with Crippen molar-refractivity contribution in [2.45, 2.75) is 44.3 Å². The Labute approximate surface area is 76.5 Å². The Hall–Kier alpha value is 0.0649. The van der Waals surface area contributed by atoms with Crippen LogP contribution in [0.5, 0.6) is 0 Å². The van der Waals surface area contributed by atoms with Gasteiger partial charge in [-0.2, -0.15) is 0 Å². The van der Waals surface area contributed by atoms with Gasteiger partial charge in [0, 0.05) is 0 Å². The smallest absolute Gasteiger partial charge is 0.0694 e. The molecule has 0 bridgehead atoms. The normalized spacial score (nSPS) is 57.2. The largest absolute Gasteiger partial charge is 0.105 e. The van der Waals surface area contributed by atoms with Crippen LogP contribution in [-0.2, 0) is 0 Å². The molecule has 0 aromatic carbocycles. The van der Waals surface area contributed by atoms with Crippen LogP contribution in [0.2, 0.25) is 5.82 Å². The van der Waals surface area contributed by atoms with Gasteiger partial charge in [-0.3, -0.25) is 0 Å². The number of fused-ring (bicyclic) bond motifs is 4. The molecule has 1 unspecified atom stereocenters. The van der Waals surface area contributed by atoms with Crippen LogP contribution >= 0.6 is 0 Å². The Balaban J connectivity index is 1.74. The van der Waals surface area contributed by atoms with Crippen molar-refractivity contribution in [3.63, 3.8) is 0 Å². The van der Waals surface area contributed by atoms with Crippen LogP contribution < -0.4 is 0 Å². The summed E-state index contributed by atoms with van der Waals surface area (Å²) in [4.78, 5) is 0. The highest BCUT2D eigenvalue weighted by molar-refractivity contribution is 6.11. The standard InChI is InChI=1S/C11H19B/c12-7-4-5-10-8-2-1-3-9(8)11(10)6-7/h7-11H,1-6,12H2/t7?,8-,9+,10+,11-/m0/s1. The summed E-state index contributed by atoms with van der Waals surface area (Å²) in [5.41, 5.74) is 0. The molecule has 3 fully saturated rings. The van der Waals surface area contributed by atoms with E-state index >= 15 is 0 Å². The van der Waals surface area contributed by atoms with Gasteiger partial charge in [0.25, 0.3) is 0 Å². The summed E-state index contributed by atoms with van der Waals surface area (Å²) in [6.07, 6.45) is 9.40. The average Bonchev–Trinajstić information content (AvgIpc) is 2.46. The van der Waals surface area contributed by atoms with Gasteiger partial charge in [-0.15, -0.1) is 0 Å². The highest BCUT2D eigenvalue weighted by atomic mass is 14.6. The zero-order valence-electron chi connectivity index (χ0n) is 8.13. The fraction of sp³-hybridized carbons (Fsp3) is 1.00. The zero-order valence-corrected chi connectivity index (χ0v) is 8.13. The zero-order chi connectivity index (χ0) is 8.13. The van der Waals surface area contributed by atoms with Gasteiger partial charge in [0.15, 0.2) is 0 Å². The van der Waals surface area contributed by atoms with Crippen LogP contribution in [0.4, 0.5) is 0 Å². The molecule has 3 aliphatic carbocycles. The van der Waals surface area contributed by atoms with Crippen LogP contribution in [0.25, 0.3) is 0 Å². The van der Waals surface area contributed by atoms with E-state index in [-0.39, 0.29) is 0 Å². The molecule has 1 heteroatoms. The minimum Gasteiger partial charge on any atom is -0.0694 e. The molecule has 0 aliphatic heterocycles. The van der Waals surface area contributed by atoms with Crippen LogP contribution in [0.1, 0.15) is 38.5 Å². The van der Waals surface area contributed by atoms with Crippen LogP contribution in [0.15, 0.2) is 0 Å². The second kappa shape index (κ2) is 2.53. The van der Waals surface area contributed by atoms with E-state index in [2.05, 4.69) is 7.85 Å². The van der Waals surface area contributed by atoms with Crippen molar-refractivity contribution >= 4 is 7.85 Å². The van der Waals surface area contributed by atoms with Crippen molar-refractivity contribution in [2.24, 2.45) is 23.7 Å². The maximum absolute atomic E-state index is 2.46. The summed E-state index contributed by atoms with van der Waals surface area (Å²) in [5.74, 6) is 5.81. The Morgan fingerprint density at radius 3 is 2.25 bits per heavy atom. The summed E-state index contributed by atoms with van der Waals surface area (Å²) in [7, 11) is 2.46. The topological polar surface area (TPSA) is 0 Å². The fourth-order valence-corrected chi connectivity index (χ4v) is 4.41. The van der Waals surface area contributed by atoms with Crippen molar-refractivity contribution in [3.05, 3.63) is 0 Å². The van der Waals surface area contributed by atoms with E-state index in [4.69, 9.17) is 0 Å². The molecule has 0 spiro atoms. The molecule has 0 aromatic heterocycles. The number of hydrogen-bond acceptors (Lipinski definition) is 0. The molecule has 0 nitrogen and oxygen atoms in total. The van der Waals surface area contributed by atoms with Gasteiger partial charge < -0.3 is 0 Å². The fourth-order valence-electron chi connectivity index (χ4n) is 4.41. The molecule has 12 heavy (non-hydrogen) atoms. The highest BCUT2D eigenvalue weighted by Gasteiger charge is 2.52. The third kappa shape index (κ3) is 0.857. The Morgan fingerprint density at radius 1 is 0.750 bits per heavy atom. The summed E-state index contributed by atoms with van der Waals surface area (Å²) in [6, 6.07) is 0. The Bertz CT molecular complexity index is 189. The molecule has 0 heterocycles. The van der Waals surface area contributed by atoms with Crippen LogP contribution in [0, 0.1) is 23.7 Å². The van der Waals surface area contributed by atoms with Gasteiger partial charge in [-0.1, -0.05) is 31.5 Å². The predicted octanol–water partition coefficient (Wildman–Crippen LogP) is 2.25. The second-order valence-electron chi connectivity index (χ2n) is 5.50. The molecular weight excluding hydrogens is 143 g/mol. The lowest BCUT2D eigenvalue weighted by molar-refractivity contribution is -0.0301. The number of hydrogen-bond donors (Lipinski definition) is 0. The van der Waals surface area contributed by atoms with E-state index < -0.39 is 0 Å². The summed E-state index contributed by atoms with van der Waals surface area (Å²) in [5, 5.41) is 0. The molecule has 0 radical (unpaired) electrons. The Kier molecular flexibility index (Phi) is 1.57. The van der Waals surface area contributed by atoms with Crippen molar-refractivity contribution in [1.29, 1.82) is 0 Å². The monoisotopic (exact) mass is 162 g/mol. The average molecular weight is 162 g/mol. The molecule has 0 saturated heterocycles. The molecule has 0 aromatic rings. The van der Waals surface area contributed by atoms with Gasteiger partial charge in [0.1, 0.15) is 7.85 Å². The minimum atomic E-state index is 1.05. The first-order chi connectivity index (χ1) is 5.86. The SMILES string of the molecule is BC1CC[C@@H]2[C@H]3CCC[C@H]3[C@@H]2C1.